The first-order chi connectivity index (χ1) is 10.2. The molecule has 1 aliphatic heterocycles. The molecular weight excluding hydrogens is 268 g/mol. The first-order valence-electron chi connectivity index (χ1n) is 6.45. The van der Waals surface area contributed by atoms with Crippen LogP contribution < -0.4 is 20.3 Å². The predicted molar refractivity (Wildman–Crippen MR) is 79.7 cm³/mol. The van der Waals surface area contributed by atoms with Crippen molar-refractivity contribution in [3.05, 3.63) is 60.2 Å². The normalized spacial score (nSPS) is 12.6. The standard InChI is InChI=1S/C16H14N2O3/c17-18(13-7-8-14-15(10-13)21-11-20-14)16(19)9-6-12-4-2-1-3-5-12/h1-10H,11,17H2. The van der Waals surface area contributed by atoms with Crippen molar-refractivity contribution in [3.63, 3.8) is 0 Å². The molecule has 0 saturated heterocycles. The van der Waals surface area contributed by atoms with Crippen molar-refractivity contribution >= 4 is 17.7 Å². The van der Waals surface area contributed by atoms with Gasteiger partial charge in [-0.2, -0.15) is 0 Å². The third-order valence-electron chi connectivity index (χ3n) is 3.09. The van der Waals surface area contributed by atoms with Crippen LogP contribution in [0.3, 0.4) is 0 Å². The van der Waals surface area contributed by atoms with Gasteiger partial charge in [0.2, 0.25) is 6.79 Å². The SMILES string of the molecule is NN(C(=O)C=Cc1ccccc1)c1ccc2c(c1)OCO2. The Balaban J connectivity index is 1.74. The average molecular weight is 282 g/mol. The van der Waals surface area contributed by atoms with Crippen molar-refractivity contribution in [2.75, 3.05) is 11.8 Å². The number of amides is 1. The Kier molecular flexibility index (Phi) is 3.57. The second-order valence-electron chi connectivity index (χ2n) is 4.49. The Morgan fingerprint density at radius 3 is 2.67 bits per heavy atom. The van der Waals surface area contributed by atoms with Crippen molar-refractivity contribution in [3.8, 4) is 11.5 Å². The van der Waals surface area contributed by atoms with E-state index in [0.29, 0.717) is 17.2 Å². The summed E-state index contributed by atoms with van der Waals surface area (Å²) in [6.45, 7) is 0.186. The van der Waals surface area contributed by atoms with Crippen molar-refractivity contribution in [2.24, 2.45) is 5.84 Å². The van der Waals surface area contributed by atoms with E-state index in [9.17, 15) is 4.79 Å². The lowest BCUT2D eigenvalue weighted by Gasteiger charge is -2.14. The van der Waals surface area contributed by atoms with Gasteiger partial charge in [-0.25, -0.2) is 10.9 Å². The smallest absolute Gasteiger partial charge is 0.265 e. The number of hydrogen-bond donors (Lipinski definition) is 1. The Hall–Kier alpha value is -2.79. The van der Waals surface area contributed by atoms with Crippen LogP contribution in [0.4, 0.5) is 5.69 Å². The quantitative estimate of drug-likeness (QED) is 0.406. The summed E-state index contributed by atoms with van der Waals surface area (Å²) in [5.41, 5.74) is 1.48. The van der Waals surface area contributed by atoms with Crippen molar-refractivity contribution in [1.82, 2.24) is 0 Å². The molecule has 0 unspecified atom stereocenters. The van der Waals surface area contributed by atoms with Gasteiger partial charge in [-0.3, -0.25) is 4.79 Å². The second kappa shape index (κ2) is 5.68. The summed E-state index contributed by atoms with van der Waals surface area (Å²) in [5, 5.41) is 1.07. The van der Waals surface area contributed by atoms with Gasteiger partial charge >= 0.3 is 0 Å². The number of hydrazine groups is 1. The van der Waals surface area contributed by atoms with E-state index in [2.05, 4.69) is 0 Å². The molecule has 1 heterocycles. The fraction of sp³-hybridized carbons (Fsp3) is 0.0625. The zero-order chi connectivity index (χ0) is 14.7. The summed E-state index contributed by atoms with van der Waals surface area (Å²) in [4.78, 5) is 12.1. The average Bonchev–Trinajstić information content (AvgIpc) is 3.00. The molecule has 2 N–H and O–H groups in total. The minimum absolute atomic E-state index is 0.186. The summed E-state index contributed by atoms with van der Waals surface area (Å²) in [7, 11) is 0. The number of anilines is 1. The summed E-state index contributed by atoms with van der Waals surface area (Å²) in [5.74, 6) is 6.75. The van der Waals surface area contributed by atoms with Gasteiger partial charge in [0.15, 0.2) is 11.5 Å². The minimum Gasteiger partial charge on any atom is -0.454 e. The zero-order valence-corrected chi connectivity index (χ0v) is 11.2. The molecular formula is C16H14N2O3. The number of carbonyl (C=O) groups excluding carboxylic acids is 1. The fourth-order valence-electron chi connectivity index (χ4n) is 1.97. The molecule has 0 aromatic heterocycles. The highest BCUT2D eigenvalue weighted by molar-refractivity contribution is 6.03. The van der Waals surface area contributed by atoms with Gasteiger partial charge in [-0.15, -0.1) is 0 Å². The molecule has 0 saturated carbocycles. The Morgan fingerprint density at radius 1 is 1.10 bits per heavy atom. The molecule has 0 atom stereocenters. The second-order valence-corrected chi connectivity index (χ2v) is 4.49. The van der Waals surface area contributed by atoms with Gasteiger partial charge in [0.25, 0.3) is 5.91 Å². The molecule has 3 rings (SSSR count). The van der Waals surface area contributed by atoms with Crippen LogP contribution in [0.1, 0.15) is 5.56 Å². The van der Waals surface area contributed by atoms with Crippen LogP contribution >= 0.6 is 0 Å². The van der Waals surface area contributed by atoms with E-state index in [4.69, 9.17) is 15.3 Å². The summed E-state index contributed by atoms with van der Waals surface area (Å²) in [6, 6.07) is 14.7. The molecule has 0 fully saturated rings. The molecule has 0 bridgehead atoms. The van der Waals surface area contributed by atoms with Crippen LogP contribution in [0.15, 0.2) is 54.6 Å². The van der Waals surface area contributed by atoms with Gasteiger partial charge < -0.3 is 9.47 Å². The molecule has 0 aliphatic carbocycles. The first-order valence-corrected chi connectivity index (χ1v) is 6.45. The number of hydrogen-bond acceptors (Lipinski definition) is 4. The van der Waals surface area contributed by atoms with E-state index in [0.717, 1.165) is 10.6 Å². The number of rotatable bonds is 3. The van der Waals surface area contributed by atoms with Crippen LogP contribution in [-0.2, 0) is 4.79 Å². The third-order valence-corrected chi connectivity index (χ3v) is 3.09. The van der Waals surface area contributed by atoms with Gasteiger partial charge in [-0.1, -0.05) is 30.3 Å². The lowest BCUT2D eigenvalue weighted by Crippen LogP contribution is -2.36. The maximum atomic E-state index is 12.1. The number of fused-ring (bicyclic) bond motifs is 1. The van der Waals surface area contributed by atoms with Gasteiger partial charge in [0.1, 0.15) is 0 Å². The monoisotopic (exact) mass is 282 g/mol. The lowest BCUT2D eigenvalue weighted by atomic mass is 10.2. The predicted octanol–water partition coefficient (Wildman–Crippen LogP) is 2.34. The van der Waals surface area contributed by atoms with Crippen LogP contribution in [0.25, 0.3) is 6.08 Å². The minimum atomic E-state index is -0.322. The molecule has 2 aromatic carbocycles. The number of benzene rings is 2. The highest BCUT2D eigenvalue weighted by Crippen LogP contribution is 2.34. The van der Waals surface area contributed by atoms with E-state index < -0.39 is 0 Å². The number of nitrogens with two attached hydrogens (primary N) is 1. The Morgan fingerprint density at radius 2 is 1.86 bits per heavy atom. The maximum Gasteiger partial charge on any atom is 0.265 e. The summed E-state index contributed by atoms with van der Waals surface area (Å²) >= 11 is 0. The third kappa shape index (κ3) is 2.88. The molecule has 5 nitrogen and oxygen atoms in total. The zero-order valence-electron chi connectivity index (χ0n) is 11.2. The van der Waals surface area contributed by atoms with E-state index in [1.807, 2.05) is 30.3 Å². The summed E-state index contributed by atoms with van der Waals surface area (Å²) < 4.78 is 10.5. The van der Waals surface area contributed by atoms with E-state index in [-0.39, 0.29) is 12.7 Å². The molecule has 1 aliphatic rings. The van der Waals surface area contributed by atoms with Crippen LogP contribution in [0.2, 0.25) is 0 Å². The molecule has 0 spiro atoms. The van der Waals surface area contributed by atoms with Crippen molar-refractivity contribution in [2.45, 2.75) is 0 Å². The van der Waals surface area contributed by atoms with Crippen LogP contribution in [0.5, 0.6) is 11.5 Å². The van der Waals surface area contributed by atoms with E-state index in [1.54, 1.807) is 24.3 Å². The van der Waals surface area contributed by atoms with Crippen molar-refractivity contribution in [1.29, 1.82) is 0 Å². The lowest BCUT2D eigenvalue weighted by molar-refractivity contribution is -0.114. The number of carbonyl (C=O) groups is 1. The van der Waals surface area contributed by atoms with Crippen LogP contribution in [0, 0.1) is 0 Å². The maximum absolute atomic E-state index is 12.1. The van der Waals surface area contributed by atoms with E-state index >= 15 is 0 Å². The number of nitrogens with zero attached hydrogens (tertiary/aromatic N) is 1. The Labute approximate surface area is 122 Å². The first kappa shape index (κ1) is 13.2. The van der Waals surface area contributed by atoms with Gasteiger partial charge in [0, 0.05) is 12.1 Å². The van der Waals surface area contributed by atoms with Gasteiger partial charge in [0.05, 0.1) is 5.69 Å². The highest BCUT2D eigenvalue weighted by atomic mass is 16.7. The van der Waals surface area contributed by atoms with Crippen LogP contribution in [-0.4, -0.2) is 12.7 Å². The number of ether oxygens (including phenoxy) is 2. The topological polar surface area (TPSA) is 64.8 Å². The van der Waals surface area contributed by atoms with Gasteiger partial charge in [-0.05, 0) is 23.8 Å². The van der Waals surface area contributed by atoms with Crippen molar-refractivity contribution < 1.29 is 14.3 Å². The molecule has 1 amide bonds. The summed E-state index contributed by atoms with van der Waals surface area (Å²) in [6.07, 6.45) is 3.15. The molecule has 0 radical (unpaired) electrons. The molecule has 21 heavy (non-hydrogen) atoms. The van der Waals surface area contributed by atoms with E-state index in [1.165, 1.54) is 6.08 Å². The molecule has 2 aromatic rings. The highest BCUT2D eigenvalue weighted by Gasteiger charge is 2.16. The molecule has 5 heteroatoms. The molecule has 106 valence electrons. The Bertz CT molecular complexity index is 683. The fourth-order valence-corrected chi connectivity index (χ4v) is 1.97. The largest absolute Gasteiger partial charge is 0.454 e.